The molecule has 2 aromatic rings. The molecule has 1 fully saturated rings. The van der Waals surface area contributed by atoms with Crippen molar-refractivity contribution in [1.82, 2.24) is 19.9 Å². The first kappa shape index (κ1) is 16.8. The van der Waals surface area contributed by atoms with Crippen molar-refractivity contribution >= 4 is 17.6 Å². The van der Waals surface area contributed by atoms with Gasteiger partial charge in [-0.15, -0.1) is 0 Å². The Balaban J connectivity index is 1.76. The number of likely N-dealkylation sites (tertiary alicyclic amines) is 1. The molecule has 1 saturated heterocycles. The van der Waals surface area contributed by atoms with Crippen molar-refractivity contribution < 1.29 is 9.59 Å². The molecular weight excluding hydrogens is 322 g/mol. The largest absolute Gasteiger partial charge is 0.345 e. The molecule has 0 radical (unpaired) electrons. The zero-order valence-corrected chi connectivity index (χ0v) is 13.9. The molecule has 0 spiro atoms. The van der Waals surface area contributed by atoms with Gasteiger partial charge in [0.2, 0.25) is 5.91 Å². The first-order valence-corrected chi connectivity index (χ1v) is 8.11. The van der Waals surface area contributed by atoms with E-state index in [1.54, 1.807) is 23.1 Å². The first-order valence-electron chi connectivity index (χ1n) is 8.11. The number of pyridine rings is 1. The van der Waals surface area contributed by atoms with E-state index in [0.717, 1.165) is 18.5 Å². The monoisotopic (exact) mass is 341 g/mol. The van der Waals surface area contributed by atoms with E-state index in [1.165, 1.54) is 19.3 Å². The van der Waals surface area contributed by atoms with Gasteiger partial charge >= 0.3 is 5.69 Å². The lowest BCUT2D eigenvalue weighted by molar-refractivity contribution is -0.114. The third kappa shape index (κ3) is 4.09. The van der Waals surface area contributed by atoms with Gasteiger partial charge in [0, 0.05) is 49.6 Å². The van der Waals surface area contributed by atoms with Crippen LogP contribution in [0.2, 0.25) is 0 Å². The van der Waals surface area contributed by atoms with Crippen molar-refractivity contribution in [3.63, 3.8) is 0 Å². The minimum Gasteiger partial charge on any atom is -0.338 e. The molecule has 8 nitrogen and oxygen atoms in total. The van der Waals surface area contributed by atoms with Crippen LogP contribution < -0.4 is 11.0 Å². The van der Waals surface area contributed by atoms with Crippen LogP contribution in [0.4, 0.5) is 5.82 Å². The summed E-state index contributed by atoms with van der Waals surface area (Å²) in [7, 11) is 0. The van der Waals surface area contributed by atoms with Crippen molar-refractivity contribution in [3.05, 3.63) is 52.3 Å². The van der Waals surface area contributed by atoms with Crippen LogP contribution >= 0.6 is 0 Å². The van der Waals surface area contributed by atoms with E-state index in [2.05, 4.69) is 20.3 Å². The lowest BCUT2D eigenvalue weighted by atomic mass is 9.94. The van der Waals surface area contributed by atoms with Crippen LogP contribution in [-0.4, -0.2) is 44.8 Å². The average molecular weight is 341 g/mol. The van der Waals surface area contributed by atoms with Gasteiger partial charge < -0.3 is 15.2 Å². The number of rotatable bonds is 3. The van der Waals surface area contributed by atoms with Crippen molar-refractivity contribution in [2.45, 2.75) is 25.7 Å². The van der Waals surface area contributed by atoms with E-state index in [-0.39, 0.29) is 23.4 Å². The number of aromatic amines is 1. The minimum atomic E-state index is -0.380. The number of hydrogen-bond donors (Lipinski definition) is 2. The standard InChI is InChI=1S/C17H19N5O3/c1-11(23)20-15-9-12(4-6-18-15)16(24)22-8-2-3-13(10-22)14-5-7-19-17(25)21-14/h4-7,9,13H,2-3,8,10H2,1H3,(H,18,20,23)(H,19,21,25). The zero-order chi connectivity index (χ0) is 17.8. The normalized spacial score (nSPS) is 17.2. The fourth-order valence-electron chi connectivity index (χ4n) is 3.03. The van der Waals surface area contributed by atoms with Gasteiger partial charge in [0.1, 0.15) is 5.82 Å². The highest BCUT2D eigenvalue weighted by molar-refractivity contribution is 5.96. The Morgan fingerprint density at radius 3 is 2.84 bits per heavy atom. The average Bonchev–Trinajstić information content (AvgIpc) is 2.61. The Morgan fingerprint density at radius 1 is 1.28 bits per heavy atom. The number of aromatic nitrogens is 3. The number of hydrogen-bond acceptors (Lipinski definition) is 5. The highest BCUT2D eigenvalue weighted by Crippen LogP contribution is 2.26. The van der Waals surface area contributed by atoms with E-state index < -0.39 is 0 Å². The van der Waals surface area contributed by atoms with Crippen LogP contribution in [-0.2, 0) is 4.79 Å². The SMILES string of the molecule is CC(=O)Nc1cc(C(=O)N2CCCC(c3ccnc(=O)[nH]3)C2)ccn1. The number of nitrogens with zero attached hydrogens (tertiary/aromatic N) is 3. The fraction of sp³-hybridized carbons (Fsp3) is 0.353. The summed E-state index contributed by atoms with van der Waals surface area (Å²) in [5.41, 5.74) is 0.892. The molecule has 1 aliphatic heterocycles. The Morgan fingerprint density at radius 2 is 2.08 bits per heavy atom. The lowest BCUT2D eigenvalue weighted by Gasteiger charge is -2.32. The zero-order valence-electron chi connectivity index (χ0n) is 13.9. The smallest absolute Gasteiger partial charge is 0.338 e. The van der Waals surface area contributed by atoms with Crippen LogP contribution in [0.1, 0.15) is 41.7 Å². The van der Waals surface area contributed by atoms with E-state index in [1.807, 2.05) is 0 Å². The van der Waals surface area contributed by atoms with Crippen LogP contribution in [0.3, 0.4) is 0 Å². The highest BCUT2D eigenvalue weighted by atomic mass is 16.2. The molecule has 3 heterocycles. The number of carbonyl (C=O) groups excluding carboxylic acids is 2. The molecule has 0 aromatic carbocycles. The second kappa shape index (κ2) is 7.25. The van der Waals surface area contributed by atoms with Crippen LogP contribution in [0, 0.1) is 0 Å². The maximum absolute atomic E-state index is 12.8. The van der Waals surface area contributed by atoms with Gasteiger partial charge in [0.05, 0.1) is 0 Å². The minimum absolute atomic E-state index is 0.0741. The molecule has 1 unspecified atom stereocenters. The third-order valence-electron chi connectivity index (χ3n) is 4.16. The van der Waals surface area contributed by atoms with E-state index in [0.29, 0.717) is 24.5 Å². The maximum atomic E-state index is 12.8. The molecular formula is C17H19N5O3. The lowest BCUT2D eigenvalue weighted by Crippen LogP contribution is -2.39. The Bertz CT molecular complexity index is 848. The van der Waals surface area contributed by atoms with Gasteiger partial charge in [0.15, 0.2) is 0 Å². The van der Waals surface area contributed by atoms with Crippen LogP contribution in [0.5, 0.6) is 0 Å². The Labute approximate surface area is 144 Å². The molecule has 130 valence electrons. The molecule has 8 heteroatoms. The van der Waals surface area contributed by atoms with Gasteiger partial charge in [-0.1, -0.05) is 0 Å². The number of piperidine rings is 1. The molecule has 2 N–H and O–H groups in total. The van der Waals surface area contributed by atoms with Crippen molar-refractivity contribution in [2.75, 3.05) is 18.4 Å². The van der Waals surface area contributed by atoms with Gasteiger partial charge in [-0.3, -0.25) is 9.59 Å². The third-order valence-corrected chi connectivity index (χ3v) is 4.16. The molecule has 3 rings (SSSR count). The Hall–Kier alpha value is -3.03. The predicted octanol–water partition coefficient (Wildman–Crippen LogP) is 1.14. The summed E-state index contributed by atoms with van der Waals surface area (Å²) in [5, 5.41) is 2.58. The van der Waals surface area contributed by atoms with E-state index in [4.69, 9.17) is 0 Å². The molecule has 1 aliphatic rings. The molecule has 0 bridgehead atoms. The molecule has 0 saturated carbocycles. The van der Waals surface area contributed by atoms with Crippen molar-refractivity contribution in [1.29, 1.82) is 0 Å². The molecule has 25 heavy (non-hydrogen) atoms. The number of anilines is 1. The predicted molar refractivity (Wildman–Crippen MR) is 91.3 cm³/mol. The van der Waals surface area contributed by atoms with Crippen LogP contribution in [0.15, 0.2) is 35.4 Å². The molecule has 2 aromatic heterocycles. The number of amides is 2. The second-order valence-electron chi connectivity index (χ2n) is 6.03. The number of H-pyrrole nitrogens is 1. The quantitative estimate of drug-likeness (QED) is 0.870. The second-order valence-corrected chi connectivity index (χ2v) is 6.03. The summed E-state index contributed by atoms with van der Waals surface area (Å²) in [6, 6.07) is 4.98. The van der Waals surface area contributed by atoms with Gasteiger partial charge in [-0.25, -0.2) is 14.8 Å². The summed E-state index contributed by atoms with van der Waals surface area (Å²) in [5.74, 6) is 0.0716. The summed E-state index contributed by atoms with van der Waals surface area (Å²) in [6.45, 7) is 2.57. The molecule has 2 amide bonds. The number of carbonyl (C=O) groups is 2. The summed E-state index contributed by atoms with van der Waals surface area (Å²) in [4.78, 5) is 47.5. The highest BCUT2D eigenvalue weighted by Gasteiger charge is 2.26. The fourth-order valence-corrected chi connectivity index (χ4v) is 3.03. The van der Waals surface area contributed by atoms with E-state index in [9.17, 15) is 14.4 Å². The van der Waals surface area contributed by atoms with E-state index >= 15 is 0 Å². The number of nitrogens with one attached hydrogen (secondary N) is 2. The van der Waals surface area contributed by atoms with Gasteiger partial charge in [0.25, 0.3) is 5.91 Å². The van der Waals surface area contributed by atoms with Gasteiger partial charge in [-0.05, 0) is 31.0 Å². The summed E-state index contributed by atoms with van der Waals surface area (Å²) in [6.07, 6.45) is 4.74. The van der Waals surface area contributed by atoms with Crippen LogP contribution in [0.25, 0.3) is 0 Å². The summed E-state index contributed by atoms with van der Waals surface area (Å²) < 4.78 is 0. The van der Waals surface area contributed by atoms with Crippen molar-refractivity contribution in [3.8, 4) is 0 Å². The first-order chi connectivity index (χ1) is 12.0. The topological polar surface area (TPSA) is 108 Å². The summed E-state index contributed by atoms with van der Waals surface area (Å²) >= 11 is 0. The molecule has 0 aliphatic carbocycles. The Kier molecular flexibility index (Phi) is 4.87. The van der Waals surface area contributed by atoms with Gasteiger partial charge in [-0.2, -0.15) is 0 Å². The maximum Gasteiger partial charge on any atom is 0.345 e. The van der Waals surface area contributed by atoms with Crippen molar-refractivity contribution in [2.24, 2.45) is 0 Å². The molecule has 1 atom stereocenters.